The fourth-order valence-electron chi connectivity index (χ4n) is 4.15. The van der Waals surface area contributed by atoms with Crippen LogP contribution in [0.5, 0.6) is 0 Å². The third-order valence-corrected chi connectivity index (χ3v) is 7.53. The molecule has 1 saturated heterocycles. The van der Waals surface area contributed by atoms with E-state index in [1.165, 1.54) is 25.7 Å². The Kier molecular flexibility index (Phi) is 6.70. The van der Waals surface area contributed by atoms with Crippen molar-refractivity contribution in [3.63, 3.8) is 0 Å². The minimum atomic E-state index is -3.54. The van der Waals surface area contributed by atoms with E-state index in [1.54, 1.807) is 28.6 Å². The number of nitrogens with one attached hydrogen (secondary N) is 1. The van der Waals surface area contributed by atoms with E-state index in [2.05, 4.69) is 5.32 Å². The molecule has 2 aliphatic rings. The second kappa shape index (κ2) is 9.00. The summed E-state index contributed by atoms with van der Waals surface area (Å²) in [5.74, 6) is -0.00272. The average Bonchev–Trinajstić information content (AvgIpc) is 2.91. The molecule has 0 aromatic heterocycles. The van der Waals surface area contributed by atoms with Gasteiger partial charge in [0.2, 0.25) is 15.9 Å². The van der Waals surface area contributed by atoms with Crippen LogP contribution in [0.2, 0.25) is 0 Å². The summed E-state index contributed by atoms with van der Waals surface area (Å²) in [6.45, 7) is 0.499. The van der Waals surface area contributed by atoms with E-state index in [4.69, 9.17) is 0 Å². The summed E-state index contributed by atoms with van der Waals surface area (Å²) in [5.41, 5.74) is 0. The first-order valence-corrected chi connectivity index (χ1v) is 11.4. The van der Waals surface area contributed by atoms with E-state index in [1.807, 2.05) is 6.07 Å². The van der Waals surface area contributed by atoms with E-state index in [9.17, 15) is 13.2 Å². The highest BCUT2D eigenvalue weighted by atomic mass is 32.2. The first-order valence-electron chi connectivity index (χ1n) is 9.93. The fraction of sp³-hybridized carbons (Fsp3) is 0.650. The second-order valence-electron chi connectivity index (χ2n) is 7.54. The number of carbonyl (C=O) groups is 1. The Morgan fingerprint density at radius 2 is 1.62 bits per heavy atom. The molecule has 6 heteroatoms. The number of hydrogen-bond donors (Lipinski definition) is 1. The number of benzene rings is 1. The second-order valence-corrected chi connectivity index (χ2v) is 9.43. The molecule has 1 aromatic carbocycles. The van der Waals surface area contributed by atoms with Gasteiger partial charge < -0.3 is 5.32 Å². The lowest BCUT2D eigenvalue weighted by Crippen LogP contribution is -2.47. The molecule has 5 nitrogen and oxygen atoms in total. The molecular weight excluding hydrogens is 348 g/mol. The highest BCUT2D eigenvalue weighted by Crippen LogP contribution is 2.27. The van der Waals surface area contributed by atoms with Gasteiger partial charge in [-0.3, -0.25) is 4.79 Å². The quantitative estimate of drug-likeness (QED) is 0.798. The van der Waals surface area contributed by atoms with E-state index < -0.39 is 10.0 Å². The third kappa shape index (κ3) is 4.86. The van der Waals surface area contributed by atoms with E-state index >= 15 is 0 Å². The largest absolute Gasteiger partial charge is 0.353 e. The Morgan fingerprint density at radius 3 is 2.31 bits per heavy atom. The summed E-state index contributed by atoms with van der Waals surface area (Å²) >= 11 is 0. The van der Waals surface area contributed by atoms with Gasteiger partial charge in [-0.15, -0.1) is 0 Å². The summed E-state index contributed by atoms with van der Waals surface area (Å²) < 4.78 is 27.6. The molecule has 0 spiro atoms. The predicted octanol–water partition coefficient (Wildman–Crippen LogP) is 3.46. The van der Waals surface area contributed by atoms with Crippen LogP contribution in [0, 0.1) is 0 Å². The van der Waals surface area contributed by atoms with Crippen molar-refractivity contribution in [1.82, 2.24) is 9.62 Å². The number of sulfonamides is 1. The first-order chi connectivity index (χ1) is 12.6. The number of hydrogen-bond acceptors (Lipinski definition) is 3. The van der Waals surface area contributed by atoms with Gasteiger partial charge in [0, 0.05) is 25.0 Å². The Balaban J connectivity index is 1.66. The van der Waals surface area contributed by atoms with Crippen molar-refractivity contribution in [1.29, 1.82) is 0 Å². The molecule has 26 heavy (non-hydrogen) atoms. The lowest BCUT2D eigenvalue weighted by Gasteiger charge is -2.34. The van der Waals surface area contributed by atoms with Crippen LogP contribution in [0.3, 0.4) is 0 Å². The molecule has 1 saturated carbocycles. The van der Waals surface area contributed by atoms with Crippen molar-refractivity contribution < 1.29 is 13.2 Å². The maximum atomic E-state index is 13.0. The fourth-order valence-corrected chi connectivity index (χ4v) is 5.86. The van der Waals surface area contributed by atoms with Crippen LogP contribution in [-0.2, 0) is 14.8 Å². The molecule has 0 unspecified atom stereocenters. The van der Waals surface area contributed by atoms with Crippen LogP contribution in [-0.4, -0.2) is 37.3 Å². The molecule has 144 valence electrons. The van der Waals surface area contributed by atoms with Crippen LogP contribution >= 0.6 is 0 Å². The molecule has 1 heterocycles. The summed E-state index contributed by atoms with van der Waals surface area (Å²) in [6.07, 6.45) is 9.77. The van der Waals surface area contributed by atoms with Gasteiger partial charge in [-0.2, -0.15) is 4.31 Å². The van der Waals surface area contributed by atoms with Crippen LogP contribution < -0.4 is 5.32 Å². The SMILES string of the molecule is O=C(C[C@@H]1CCCCN1S(=O)(=O)c1ccccc1)NC1CCCCCC1. The lowest BCUT2D eigenvalue weighted by atomic mass is 10.0. The number of amides is 1. The molecule has 1 aliphatic carbocycles. The number of rotatable bonds is 5. The van der Waals surface area contributed by atoms with Gasteiger partial charge in [-0.25, -0.2) is 8.42 Å². The molecular formula is C20H30N2O3S. The molecule has 1 atom stereocenters. The molecule has 1 aliphatic heterocycles. The number of carbonyl (C=O) groups excluding carboxylic acids is 1. The summed E-state index contributed by atoms with van der Waals surface area (Å²) in [4.78, 5) is 12.9. The van der Waals surface area contributed by atoms with Crippen molar-refractivity contribution in [3.8, 4) is 0 Å². The van der Waals surface area contributed by atoms with Crippen LogP contribution in [0.1, 0.15) is 64.2 Å². The Hall–Kier alpha value is -1.40. The number of nitrogens with zero attached hydrogens (tertiary/aromatic N) is 1. The molecule has 1 N–H and O–H groups in total. The van der Waals surface area contributed by atoms with Crippen molar-refractivity contribution >= 4 is 15.9 Å². The van der Waals surface area contributed by atoms with Gasteiger partial charge >= 0.3 is 0 Å². The minimum Gasteiger partial charge on any atom is -0.353 e. The van der Waals surface area contributed by atoms with Gasteiger partial charge in [-0.1, -0.05) is 50.3 Å². The molecule has 3 rings (SSSR count). The molecule has 0 bridgehead atoms. The lowest BCUT2D eigenvalue weighted by molar-refractivity contribution is -0.122. The first kappa shape index (κ1) is 19.4. The Morgan fingerprint density at radius 1 is 0.962 bits per heavy atom. The number of piperidine rings is 1. The molecule has 1 amide bonds. The predicted molar refractivity (Wildman–Crippen MR) is 102 cm³/mol. The van der Waals surface area contributed by atoms with Crippen molar-refractivity contribution in [2.45, 2.75) is 81.2 Å². The monoisotopic (exact) mass is 378 g/mol. The van der Waals surface area contributed by atoms with E-state index in [-0.39, 0.29) is 24.4 Å². The van der Waals surface area contributed by atoms with Gasteiger partial charge in [0.15, 0.2) is 0 Å². The standard InChI is InChI=1S/C20H30N2O3S/c23-20(21-17-10-4-1-2-5-11-17)16-18-12-8-9-15-22(18)26(24,25)19-13-6-3-7-14-19/h3,6-7,13-14,17-18H,1-2,4-5,8-12,15-16H2,(H,21,23)/t18-/m0/s1. The maximum absolute atomic E-state index is 13.0. The van der Waals surface area contributed by atoms with Crippen molar-refractivity contribution in [2.75, 3.05) is 6.54 Å². The Labute approximate surface area is 157 Å². The highest BCUT2D eigenvalue weighted by molar-refractivity contribution is 7.89. The highest BCUT2D eigenvalue weighted by Gasteiger charge is 2.34. The Bertz CT molecular complexity index is 682. The smallest absolute Gasteiger partial charge is 0.243 e. The zero-order valence-corrected chi connectivity index (χ0v) is 16.2. The minimum absolute atomic E-state index is 0.00272. The normalized spacial score (nSPS) is 23.3. The third-order valence-electron chi connectivity index (χ3n) is 5.56. The average molecular weight is 379 g/mol. The summed E-state index contributed by atoms with van der Waals surface area (Å²) in [7, 11) is -3.54. The van der Waals surface area contributed by atoms with Crippen molar-refractivity contribution in [2.24, 2.45) is 0 Å². The summed E-state index contributed by atoms with van der Waals surface area (Å²) in [5, 5.41) is 3.16. The van der Waals surface area contributed by atoms with Crippen molar-refractivity contribution in [3.05, 3.63) is 30.3 Å². The van der Waals surface area contributed by atoms with E-state index in [0.29, 0.717) is 11.4 Å². The van der Waals surface area contributed by atoms with Crippen LogP contribution in [0.15, 0.2) is 35.2 Å². The molecule has 2 fully saturated rings. The topological polar surface area (TPSA) is 66.5 Å². The zero-order chi connectivity index (χ0) is 18.4. The van der Waals surface area contributed by atoms with E-state index in [0.717, 1.165) is 32.1 Å². The van der Waals surface area contributed by atoms with Gasteiger partial charge in [-0.05, 0) is 37.8 Å². The molecule has 0 radical (unpaired) electrons. The maximum Gasteiger partial charge on any atom is 0.243 e. The van der Waals surface area contributed by atoms with Gasteiger partial charge in [0.1, 0.15) is 0 Å². The molecule has 1 aromatic rings. The van der Waals surface area contributed by atoms with Gasteiger partial charge in [0.25, 0.3) is 0 Å². The zero-order valence-electron chi connectivity index (χ0n) is 15.4. The van der Waals surface area contributed by atoms with Crippen LogP contribution in [0.25, 0.3) is 0 Å². The van der Waals surface area contributed by atoms with Gasteiger partial charge in [0.05, 0.1) is 4.90 Å². The summed E-state index contributed by atoms with van der Waals surface area (Å²) in [6, 6.07) is 8.58. The van der Waals surface area contributed by atoms with Crippen LogP contribution in [0.4, 0.5) is 0 Å².